The lowest BCUT2D eigenvalue weighted by atomic mass is 10.2. The van der Waals surface area contributed by atoms with Gasteiger partial charge < -0.3 is 28.7 Å². The summed E-state index contributed by atoms with van der Waals surface area (Å²) in [5.41, 5.74) is 1.44. The highest BCUT2D eigenvalue weighted by molar-refractivity contribution is 5.72. The van der Waals surface area contributed by atoms with E-state index < -0.39 is 5.60 Å². The molecule has 1 fully saturated rings. The quantitative estimate of drug-likeness (QED) is 0.689. The molecule has 4 rings (SSSR count). The van der Waals surface area contributed by atoms with Crippen molar-refractivity contribution in [1.29, 1.82) is 5.26 Å². The zero-order valence-corrected chi connectivity index (χ0v) is 19.3. The number of anilines is 2. The molecule has 0 N–H and O–H groups in total. The van der Waals surface area contributed by atoms with Crippen LogP contribution in [0.5, 0.6) is 17.4 Å². The number of nitrogens with zero attached hydrogens (tertiary/aromatic N) is 4. The average Bonchev–Trinajstić information content (AvgIpc) is 3.26. The Labute approximate surface area is 193 Å². The summed E-state index contributed by atoms with van der Waals surface area (Å²) in [6.07, 6.45) is 1.96. The highest BCUT2D eigenvalue weighted by Crippen LogP contribution is 2.40. The van der Waals surface area contributed by atoms with Crippen molar-refractivity contribution in [2.24, 2.45) is 0 Å². The standard InChI is InChI=1S/C24H28N4O5/c1-24(2,3)33-23(29)27-8-7-19(15-27)32-18-5-6-21-20(12-18)28(9-10-31-21)17-11-16(13-25)22(30-4)26-14-17/h5-6,11-12,14,19H,7-10,15H2,1-4H3/t19-/m0/s1. The summed E-state index contributed by atoms with van der Waals surface area (Å²) < 4.78 is 22.6. The van der Waals surface area contributed by atoms with Crippen molar-refractivity contribution in [3.05, 3.63) is 36.0 Å². The van der Waals surface area contributed by atoms with Crippen molar-refractivity contribution in [2.45, 2.75) is 38.9 Å². The molecule has 1 aromatic carbocycles. The highest BCUT2D eigenvalue weighted by atomic mass is 16.6. The molecule has 9 heteroatoms. The van der Waals surface area contributed by atoms with E-state index in [1.807, 2.05) is 43.9 Å². The summed E-state index contributed by atoms with van der Waals surface area (Å²) in [6, 6.07) is 9.54. The maximum Gasteiger partial charge on any atom is 0.410 e. The van der Waals surface area contributed by atoms with Crippen molar-refractivity contribution in [2.75, 3.05) is 38.3 Å². The molecule has 2 aliphatic heterocycles. The fourth-order valence-electron chi connectivity index (χ4n) is 3.88. The average molecular weight is 453 g/mol. The second-order valence-electron chi connectivity index (χ2n) is 8.95. The Morgan fingerprint density at radius 1 is 1.27 bits per heavy atom. The molecule has 2 aliphatic rings. The smallest absolute Gasteiger partial charge is 0.410 e. The molecule has 33 heavy (non-hydrogen) atoms. The number of rotatable bonds is 4. The van der Waals surface area contributed by atoms with E-state index in [0.29, 0.717) is 43.4 Å². The summed E-state index contributed by atoms with van der Waals surface area (Å²) in [7, 11) is 1.49. The maximum absolute atomic E-state index is 12.3. The van der Waals surface area contributed by atoms with Gasteiger partial charge in [-0.15, -0.1) is 0 Å². The number of likely N-dealkylation sites (tertiary alicyclic amines) is 1. The Morgan fingerprint density at radius 3 is 2.82 bits per heavy atom. The molecule has 1 saturated heterocycles. The van der Waals surface area contributed by atoms with Crippen LogP contribution in [0.25, 0.3) is 0 Å². The van der Waals surface area contributed by atoms with Gasteiger partial charge in [-0.2, -0.15) is 5.26 Å². The maximum atomic E-state index is 12.3. The first-order valence-electron chi connectivity index (χ1n) is 10.9. The Hall–Kier alpha value is -3.67. The first-order chi connectivity index (χ1) is 15.8. The zero-order chi connectivity index (χ0) is 23.6. The summed E-state index contributed by atoms with van der Waals surface area (Å²) in [4.78, 5) is 20.3. The molecule has 0 radical (unpaired) electrons. The first kappa shape index (κ1) is 22.5. The fraction of sp³-hybridized carbons (Fsp3) is 0.458. The lowest BCUT2D eigenvalue weighted by Gasteiger charge is -2.31. The van der Waals surface area contributed by atoms with Crippen molar-refractivity contribution in [3.63, 3.8) is 0 Å². The highest BCUT2D eigenvalue weighted by Gasteiger charge is 2.31. The van der Waals surface area contributed by atoms with Crippen LogP contribution in [0.15, 0.2) is 30.5 Å². The number of carbonyl (C=O) groups is 1. The number of ether oxygens (including phenoxy) is 4. The molecule has 0 saturated carbocycles. The number of fused-ring (bicyclic) bond motifs is 1. The number of methoxy groups -OCH3 is 1. The minimum absolute atomic E-state index is 0.124. The fourth-order valence-corrected chi connectivity index (χ4v) is 3.88. The van der Waals surface area contributed by atoms with Crippen molar-refractivity contribution < 1.29 is 23.7 Å². The molecule has 9 nitrogen and oxygen atoms in total. The predicted octanol–water partition coefficient (Wildman–Crippen LogP) is 3.88. The molecule has 2 aromatic rings. The molecule has 174 valence electrons. The number of benzene rings is 1. The second kappa shape index (κ2) is 9.06. The van der Waals surface area contributed by atoms with Crippen LogP contribution in [0.2, 0.25) is 0 Å². The molecule has 1 amide bonds. The first-order valence-corrected chi connectivity index (χ1v) is 10.9. The van der Waals surface area contributed by atoms with Crippen LogP contribution in [0.1, 0.15) is 32.8 Å². The number of aromatic nitrogens is 1. The number of carbonyl (C=O) groups excluding carboxylic acids is 1. The number of nitriles is 1. The van der Waals surface area contributed by atoms with Crippen LogP contribution < -0.4 is 19.1 Å². The third-order valence-corrected chi connectivity index (χ3v) is 5.36. The van der Waals surface area contributed by atoms with Gasteiger partial charge in [-0.05, 0) is 39.0 Å². The molecule has 0 spiro atoms. The number of hydrogen-bond donors (Lipinski definition) is 0. The van der Waals surface area contributed by atoms with Crippen LogP contribution >= 0.6 is 0 Å². The molecule has 0 unspecified atom stereocenters. The number of amides is 1. The van der Waals surface area contributed by atoms with Gasteiger partial charge in [-0.25, -0.2) is 9.78 Å². The van der Waals surface area contributed by atoms with E-state index in [0.717, 1.165) is 23.5 Å². The Morgan fingerprint density at radius 2 is 2.09 bits per heavy atom. The molecule has 1 atom stereocenters. The second-order valence-corrected chi connectivity index (χ2v) is 8.95. The van der Waals surface area contributed by atoms with Crippen LogP contribution in [-0.4, -0.2) is 61.0 Å². The molecule has 3 heterocycles. The summed E-state index contributed by atoms with van der Waals surface area (Å²) >= 11 is 0. The summed E-state index contributed by atoms with van der Waals surface area (Å²) in [5, 5.41) is 9.42. The number of hydrogen-bond acceptors (Lipinski definition) is 8. The van der Waals surface area contributed by atoms with Crippen LogP contribution in [0.3, 0.4) is 0 Å². The van der Waals surface area contributed by atoms with E-state index in [2.05, 4.69) is 11.1 Å². The van der Waals surface area contributed by atoms with E-state index >= 15 is 0 Å². The third-order valence-electron chi connectivity index (χ3n) is 5.36. The third kappa shape index (κ3) is 5.06. The van der Waals surface area contributed by atoms with Gasteiger partial charge in [0, 0.05) is 19.0 Å². The zero-order valence-electron chi connectivity index (χ0n) is 19.3. The molecular formula is C24H28N4O5. The van der Waals surface area contributed by atoms with E-state index in [4.69, 9.17) is 18.9 Å². The Bertz CT molecular complexity index is 1080. The Balaban J connectivity index is 1.50. The minimum Gasteiger partial charge on any atom is -0.490 e. The van der Waals surface area contributed by atoms with Crippen molar-refractivity contribution in [3.8, 4) is 23.4 Å². The van der Waals surface area contributed by atoms with Gasteiger partial charge in [0.15, 0.2) is 0 Å². The molecule has 1 aromatic heterocycles. The lowest BCUT2D eigenvalue weighted by Crippen LogP contribution is -2.36. The number of pyridine rings is 1. The largest absolute Gasteiger partial charge is 0.490 e. The Kier molecular flexibility index (Phi) is 6.18. The van der Waals surface area contributed by atoms with Crippen LogP contribution in [0, 0.1) is 11.3 Å². The summed E-state index contributed by atoms with van der Waals surface area (Å²) in [6.45, 7) is 7.74. The van der Waals surface area contributed by atoms with Crippen LogP contribution in [0.4, 0.5) is 16.2 Å². The van der Waals surface area contributed by atoms with Gasteiger partial charge in [0.1, 0.15) is 41.4 Å². The van der Waals surface area contributed by atoms with Gasteiger partial charge in [-0.3, -0.25) is 0 Å². The van der Waals surface area contributed by atoms with E-state index in [1.54, 1.807) is 17.2 Å². The topological polar surface area (TPSA) is 97.2 Å². The van der Waals surface area contributed by atoms with Gasteiger partial charge in [0.05, 0.1) is 37.8 Å². The molecular weight excluding hydrogens is 424 g/mol. The van der Waals surface area contributed by atoms with E-state index in [1.165, 1.54) is 7.11 Å². The van der Waals surface area contributed by atoms with Crippen molar-refractivity contribution >= 4 is 17.5 Å². The predicted molar refractivity (Wildman–Crippen MR) is 121 cm³/mol. The SMILES string of the molecule is COc1ncc(N2CCOc3ccc(O[C@H]4CCN(C(=O)OC(C)(C)C)C4)cc32)cc1C#N. The van der Waals surface area contributed by atoms with Gasteiger partial charge in [-0.1, -0.05) is 0 Å². The lowest BCUT2D eigenvalue weighted by molar-refractivity contribution is 0.0275. The van der Waals surface area contributed by atoms with Gasteiger partial charge in [0.25, 0.3) is 0 Å². The van der Waals surface area contributed by atoms with Crippen molar-refractivity contribution in [1.82, 2.24) is 9.88 Å². The monoisotopic (exact) mass is 452 g/mol. The van der Waals surface area contributed by atoms with Gasteiger partial charge in [0.2, 0.25) is 5.88 Å². The molecule has 0 bridgehead atoms. The van der Waals surface area contributed by atoms with Gasteiger partial charge >= 0.3 is 6.09 Å². The van der Waals surface area contributed by atoms with Crippen LogP contribution in [-0.2, 0) is 4.74 Å². The normalized spacial score (nSPS) is 17.6. The summed E-state index contributed by atoms with van der Waals surface area (Å²) in [5.74, 6) is 1.70. The van der Waals surface area contributed by atoms with E-state index in [9.17, 15) is 10.1 Å². The molecule has 0 aliphatic carbocycles. The van der Waals surface area contributed by atoms with E-state index in [-0.39, 0.29) is 12.2 Å². The minimum atomic E-state index is -0.528.